The first-order valence-corrected chi connectivity index (χ1v) is 8.88. The minimum absolute atomic E-state index is 0.178. The van der Waals surface area contributed by atoms with Gasteiger partial charge >= 0.3 is 0 Å². The zero-order valence-electron chi connectivity index (χ0n) is 13.8. The number of fused-ring (bicyclic) bond motifs is 1. The summed E-state index contributed by atoms with van der Waals surface area (Å²) >= 11 is 1.54. The van der Waals surface area contributed by atoms with E-state index < -0.39 is 0 Å². The van der Waals surface area contributed by atoms with Crippen LogP contribution in [0.2, 0.25) is 0 Å². The van der Waals surface area contributed by atoms with Gasteiger partial charge in [-0.2, -0.15) is 0 Å². The molecule has 1 heterocycles. The molecule has 0 saturated heterocycles. The summed E-state index contributed by atoms with van der Waals surface area (Å²) in [4.78, 5) is 18.7. The number of pyridine rings is 1. The van der Waals surface area contributed by atoms with Crippen molar-refractivity contribution in [1.29, 1.82) is 0 Å². The van der Waals surface area contributed by atoms with Crippen LogP contribution in [0, 0.1) is 6.92 Å². The molecule has 1 aromatic carbocycles. The Hall–Kier alpha value is -1.55. The highest BCUT2D eigenvalue weighted by atomic mass is 32.2. The molecule has 0 aliphatic carbocycles. The van der Waals surface area contributed by atoms with E-state index in [1.165, 1.54) is 22.7 Å². The highest BCUT2D eigenvalue weighted by Crippen LogP contribution is 2.25. The normalized spacial score (nSPS) is 10.9. The van der Waals surface area contributed by atoms with Crippen LogP contribution < -0.4 is 0 Å². The molecule has 118 valence electrons. The molecule has 0 radical (unpaired) electrons. The van der Waals surface area contributed by atoms with Crippen molar-refractivity contribution >= 4 is 28.6 Å². The van der Waals surface area contributed by atoms with Gasteiger partial charge in [-0.05, 0) is 56.5 Å². The van der Waals surface area contributed by atoms with Gasteiger partial charge in [0.2, 0.25) is 5.91 Å². The highest BCUT2D eigenvalue weighted by Gasteiger charge is 2.12. The largest absolute Gasteiger partial charge is 0.343 e. The van der Waals surface area contributed by atoms with Crippen LogP contribution in [0.5, 0.6) is 0 Å². The van der Waals surface area contributed by atoms with Crippen LogP contribution in [0.3, 0.4) is 0 Å². The minimum atomic E-state index is 0.178. The maximum absolute atomic E-state index is 12.1. The van der Waals surface area contributed by atoms with Gasteiger partial charge in [0.1, 0.15) is 5.03 Å². The molecular formula is C18H24N2OS. The third-order valence-corrected chi connectivity index (χ3v) is 4.96. The lowest BCUT2D eigenvalue weighted by Gasteiger charge is -2.18. The average molecular weight is 316 g/mol. The molecule has 4 heteroatoms. The summed E-state index contributed by atoms with van der Waals surface area (Å²) in [5, 5.41) is 2.13. The number of aromatic nitrogens is 1. The molecule has 0 aliphatic rings. The molecule has 0 N–H and O–H groups in total. The summed E-state index contributed by atoms with van der Waals surface area (Å²) in [6.07, 6.45) is 1.03. The molecule has 0 saturated carbocycles. The van der Waals surface area contributed by atoms with E-state index in [2.05, 4.69) is 38.1 Å². The molecule has 0 bridgehead atoms. The molecule has 0 unspecified atom stereocenters. The Labute approximate surface area is 137 Å². The van der Waals surface area contributed by atoms with Crippen molar-refractivity contribution in [3.8, 4) is 0 Å². The van der Waals surface area contributed by atoms with Crippen LogP contribution in [0.4, 0.5) is 0 Å². The van der Waals surface area contributed by atoms with Gasteiger partial charge < -0.3 is 4.90 Å². The van der Waals surface area contributed by atoms with Gasteiger partial charge in [0, 0.05) is 18.5 Å². The van der Waals surface area contributed by atoms with E-state index in [1.54, 1.807) is 0 Å². The Balaban J connectivity index is 2.18. The standard InChI is InChI=1S/C18H24N2OS/c1-5-14-8-9-16-15(11-14)10-13(4)18(19-16)22-12-17(21)20(6-2)7-3/h8-11H,5-7,12H2,1-4H3. The van der Waals surface area contributed by atoms with Gasteiger partial charge in [-0.25, -0.2) is 4.98 Å². The Morgan fingerprint density at radius 2 is 1.91 bits per heavy atom. The van der Waals surface area contributed by atoms with Crippen LogP contribution in [0.15, 0.2) is 29.3 Å². The maximum Gasteiger partial charge on any atom is 0.232 e. The summed E-state index contributed by atoms with van der Waals surface area (Å²) in [7, 11) is 0. The summed E-state index contributed by atoms with van der Waals surface area (Å²) < 4.78 is 0. The van der Waals surface area contributed by atoms with Crippen LogP contribution >= 0.6 is 11.8 Å². The molecule has 0 fully saturated rings. The molecular weight excluding hydrogens is 292 g/mol. The van der Waals surface area contributed by atoms with Gasteiger partial charge in [-0.15, -0.1) is 0 Å². The third-order valence-electron chi connectivity index (χ3n) is 3.88. The fraction of sp³-hybridized carbons (Fsp3) is 0.444. The van der Waals surface area contributed by atoms with Crippen LogP contribution in [0.25, 0.3) is 10.9 Å². The Bertz CT molecular complexity index is 665. The average Bonchev–Trinajstić information content (AvgIpc) is 2.53. The third kappa shape index (κ3) is 3.80. The number of amides is 1. The zero-order valence-corrected chi connectivity index (χ0v) is 14.7. The Morgan fingerprint density at radius 1 is 1.18 bits per heavy atom. The molecule has 1 aromatic heterocycles. The molecule has 0 aliphatic heterocycles. The number of rotatable bonds is 6. The number of thioether (sulfide) groups is 1. The fourth-order valence-electron chi connectivity index (χ4n) is 2.48. The molecule has 3 nitrogen and oxygen atoms in total. The second-order valence-electron chi connectivity index (χ2n) is 5.35. The maximum atomic E-state index is 12.1. The van der Waals surface area contributed by atoms with Crippen molar-refractivity contribution in [3.63, 3.8) is 0 Å². The summed E-state index contributed by atoms with van der Waals surface area (Å²) in [5.41, 5.74) is 3.46. The number of carbonyl (C=O) groups excluding carboxylic acids is 1. The number of aryl methyl sites for hydroxylation is 2. The minimum Gasteiger partial charge on any atom is -0.343 e. The van der Waals surface area contributed by atoms with E-state index in [0.29, 0.717) is 5.75 Å². The number of nitrogens with zero attached hydrogens (tertiary/aromatic N) is 2. The van der Waals surface area contributed by atoms with Crippen molar-refractivity contribution in [3.05, 3.63) is 35.4 Å². The lowest BCUT2D eigenvalue weighted by Crippen LogP contribution is -2.31. The molecule has 22 heavy (non-hydrogen) atoms. The Kier molecular flexibility index (Phi) is 5.83. The number of benzene rings is 1. The summed E-state index contributed by atoms with van der Waals surface area (Å²) in [5.74, 6) is 0.631. The zero-order chi connectivity index (χ0) is 16.1. The summed E-state index contributed by atoms with van der Waals surface area (Å²) in [6.45, 7) is 9.77. The van der Waals surface area contributed by atoms with Gasteiger partial charge in [0.15, 0.2) is 0 Å². The predicted molar refractivity (Wildman–Crippen MR) is 94.5 cm³/mol. The van der Waals surface area contributed by atoms with Crippen molar-refractivity contribution < 1.29 is 4.79 Å². The van der Waals surface area contributed by atoms with Crippen molar-refractivity contribution in [2.24, 2.45) is 0 Å². The lowest BCUT2D eigenvalue weighted by atomic mass is 10.1. The van der Waals surface area contributed by atoms with Crippen LogP contribution in [-0.4, -0.2) is 34.6 Å². The first kappa shape index (κ1) is 16.8. The number of hydrogen-bond donors (Lipinski definition) is 0. The monoisotopic (exact) mass is 316 g/mol. The second-order valence-corrected chi connectivity index (χ2v) is 6.31. The van der Waals surface area contributed by atoms with E-state index in [1.807, 2.05) is 18.7 Å². The van der Waals surface area contributed by atoms with E-state index in [-0.39, 0.29) is 5.91 Å². The van der Waals surface area contributed by atoms with Gasteiger partial charge in [0.25, 0.3) is 0 Å². The summed E-state index contributed by atoms with van der Waals surface area (Å²) in [6, 6.07) is 8.57. The number of carbonyl (C=O) groups is 1. The molecule has 1 amide bonds. The SMILES string of the molecule is CCc1ccc2nc(SCC(=O)N(CC)CC)c(C)cc2c1. The smallest absolute Gasteiger partial charge is 0.232 e. The quantitative estimate of drug-likeness (QED) is 0.753. The molecule has 0 spiro atoms. The highest BCUT2D eigenvalue weighted by molar-refractivity contribution is 7.99. The van der Waals surface area contributed by atoms with Gasteiger partial charge in [-0.1, -0.05) is 24.8 Å². The Morgan fingerprint density at radius 3 is 2.55 bits per heavy atom. The van der Waals surface area contributed by atoms with Crippen molar-refractivity contribution in [2.75, 3.05) is 18.8 Å². The molecule has 2 rings (SSSR count). The van der Waals surface area contributed by atoms with Crippen LogP contribution in [0.1, 0.15) is 31.9 Å². The first-order chi connectivity index (χ1) is 10.6. The van der Waals surface area contributed by atoms with E-state index >= 15 is 0 Å². The van der Waals surface area contributed by atoms with E-state index in [9.17, 15) is 4.79 Å². The van der Waals surface area contributed by atoms with Crippen molar-refractivity contribution in [1.82, 2.24) is 9.88 Å². The second kappa shape index (κ2) is 7.63. The fourth-order valence-corrected chi connectivity index (χ4v) is 3.37. The van der Waals surface area contributed by atoms with Gasteiger partial charge in [-0.3, -0.25) is 4.79 Å². The molecule has 2 aromatic rings. The molecule has 0 atom stereocenters. The number of hydrogen-bond acceptors (Lipinski definition) is 3. The van der Waals surface area contributed by atoms with Gasteiger partial charge in [0.05, 0.1) is 11.3 Å². The van der Waals surface area contributed by atoms with E-state index in [0.717, 1.165) is 35.6 Å². The topological polar surface area (TPSA) is 33.2 Å². The van der Waals surface area contributed by atoms with Crippen LogP contribution in [-0.2, 0) is 11.2 Å². The lowest BCUT2D eigenvalue weighted by molar-refractivity contribution is -0.127. The van der Waals surface area contributed by atoms with Crippen molar-refractivity contribution in [2.45, 2.75) is 39.1 Å². The van der Waals surface area contributed by atoms with E-state index in [4.69, 9.17) is 4.98 Å². The predicted octanol–water partition coefficient (Wildman–Crippen LogP) is 4.07. The first-order valence-electron chi connectivity index (χ1n) is 7.89.